The molecule has 7 nitrogen and oxygen atoms in total. The van der Waals surface area contributed by atoms with Gasteiger partial charge in [0.05, 0.1) is 6.42 Å². The van der Waals surface area contributed by atoms with E-state index in [9.17, 15) is 19.5 Å². The maximum Gasteiger partial charge on any atom is 0.407 e. The van der Waals surface area contributed by atoms with Crippen LogP contribution in [0.1, 0.15) is 56.1 Å². The Kier molecular flexibility index (Phi) is 6.96. The summed E-state index contributed by atoms with van der Waals surface area (Å²) in [6.45, 7) is 2.51. The minimum absolute atomic E-state index is 0.0547. The molecule has 1 heterocycles. The second kappa shape index (κ2) is 10.1. The zero-order valence-corrected chi connectivity index (χ0v) is 18.8. The average molecular weight is 451 g/mol. The van der Waals surface area contributed by atoms with E-state index in [1.807, 2.05) is 31.2 Å². The molecule has 2 amide bonds. The molecule has 4 rings (SSSR count). The van der Waals surface area contributed by atoms with Crippen LogP contribution in [0.2, 0.25) is 0 Å². The smallest absolute Gasteiger partial charge is 0.407 e. The highest BCUT2D eigenvalue weighted by Gasteiger charge is 2.34. The molecule has 0 radical (unpaired) electrons. The molecule has 1 fully saturated rings. The van der Waals surface area contributed by atoms with Crippen molar-refractivity contribution in [1.29, 1.82) is 0 Å². The Labute approximate surface area is 193 Å². The molecular formula is C26H30N2O5. The first-order valence-electron chi connectivity index (χ1n) is 11.6. The lowest BCUT2D eigenvalue weighted by Gasteiger charge is -2.37. The number of fused-ring (bicyclic) bond motifs is 3. The molecule has 33 heavy (non-hydrogen) atoms. The SMILES string of the molecule is CCC(NC(=O)OCC1c2ccccc2-c2ccccc21)C(=O)N1CCCC[C@@H]1CC(=O)O. The second-order valence-corrected chi connectivity index (χ2v) is 8.71. The fraction of sp³-hybridized carbons (Fsp3) is 0.423. The van der Waals surface area contributed by atoms with Gasteiger partial charge in [0, 0.05) is 18.5 Å². The summed E-state index contributed by atoms with van der Waals surface area (Å²) in [4.78, 5) is 38.6. The van der Waals surface area contributed by atoms with Crippen LogP contribution in [0.15, 0.2) is 48.5 Å². The number of amides is 2. The number of alkyl carbamates (subject to hydrolysis) is 1. The summed E-state index contributed by atoms with van der Waals surface area (Å²) in [5.74, 6) is -1.21. The van der Waals surface area contributed by atoms with Crippen molar-refractivity contribution in [3.8, 4) is 11.1 Å². The monoisotopic (exact) mass is 450 g/mol. The number of carboxylic acid groups (broad SMARTS) is 1. The molecule has 1 saturated heterocycles. The van der Waals surface area contributed by atoms with E-state index in [2.05, 4.69) is 29.6 Å². The van der Waals surface area contributed by atoms with Gasteiger partial charge in [0.1, 0.15) is 12.6 Å². The largest absolute Gasteiger partial charge is 0.481 e. The third-order valence-electron chi connectivity index (χ3n) is 6.66. The summed E-state index contributed by atoms with van der Waals surface area (Å²) in [7, 11) is 0. The molecule has 0 spiro atoms. The van der Waals surface area contributed by atoms with E-state index < -0.39 is 18.1 Å². The van der Waals surface area contributed by atoms with Crippen LogP contribution >= 0.6 is 0 Å². The number of carbonyl (C=O) groups is 3. The van der Waals surface area contributed by atoms with Crippen LogP contribution < -0.4 is 5.32 Å². The molecule has 7 heteroatoms. The summed E-state index contributed by atoms with van der Waals surface area (Å²) < 4.78 is 5.59. The number of piperidine rings is 1. The minimum Gasteiger partial charge on any atom is -0.481 e. The van der Waals surface area contributed by atoms with Gasteiger partial charge in [-0.1, -0.05) is 55.5 Å². The van der Waals surface area contributed by atoms with E-state index >= 15 is 0 Å². The van der Waals surface area contributed by atoms with Gasteiger partial charge in [-0.2, -0.15) is 0 Å². The number of aliphatic carboxylic acids is 1. The van der Waals surface area contributed by atoms with E-state index in [0.717, 1.165) is 35.1 Å². The Hall–Kier alpha value is -3.35. The van der Waals surface area contributed by atoms with E-state index in [4.69, 9.17) is 4.74 Å². The van der Waals surface area contributed by atoms with E-state index in [1.165, 1.54) is 0 Å². The van der Waals surface area contributed by atoms with Crippen LogP contribution in [0.4, 0.5) is 4.79 Å². The van der Waals surface area contributed by atoms with Crippen LogP contribution in [0.5, 0.6) is 0 Å². The quantitative estimate of drug-likeness (QED) is 0.660. The number of nitrogens with one attached hydrogen (secondary N) is 1. The lowest BCUT2D eigenvalue weighted by Crippen LogP contribution is -2.53. The molecule has 2 aliphatic rings. The van der Waals surface area contributed by atoms with Gasteiger partial charge in [0.15, 0.2) is 0 Å². The van der Waals surface area contributed by atoms with Crippen molar-refractivity contribution in [1.82, 2.24) is 10.2 Å². The van der Waals surface area contributed by atoms with Gasteiger partial charge in [-0.15, -0.1) is 0 Å². The van der Waals surface area contributed by atoms with Gasteiger partial charge >= 0.3 is 12.1 Å². The number of likely N-dealkylation sites (tertiary alicyclic amines) is 1. The first kappa shape index (κ1) is 22.8. The summed E-state index contributed by atoms with van der Waals surface area (Å²) in [6, 6.07) is 15.2. The highest BCUT2D eigenvalue weighted by atomic mass is 16.5. The maximum atomic E-state index is 13.1. The summed E-state index contributed by atoms with van der Waals surface area (Å²) in [6.07, 6.45) is 2.09. The predicted molar refractivity (Wildman–Crippen MR) is 124 cm³/mol. The Bertz CT molecular complexity index is 991. The molecule has 0 aromatic heterocycles. The molecule has 1 aliphatic carbocycles. The number of nitrogens with zero attached hydrogens (tertiary/aromatic N) is 1. The number of hydrogen-bond donors (Lipinski definition) is 2. The van der Waals surface area contributed by atoms with Crippen molar-refractivity contribution in [3.63, 3.8) is 0 Å². The molecule has 0 saturated carbocycles. The molecule has 1 unspecified atom stereocenters. The number of benzene rings is 2. The molecule has 2 aromatic rings. The molecule has 2 aromatic carbocycles. The Balaban J connectivity index is 1.40. The lowest BCUT2D eigenvalue weighted by molar-refractivity contribution is -0.142. The fourth-order valence-corrected chi connectivity index (χ4v) is 5.03. The molecule has 174 valence electrons. The van der Waals surface area contributed by atoms with Crippen molar-refractivity contribution in [3.05, 3.63) is 59.7 Å². The Morgan fingerprint density at radius 1 is 1.06 bits per heavy atom. The van der Waals surface area contributed by atoms with Crippen LogP contribution in [-0.4, -0.2) is 53.2 Å². The first-order chi connectivity index (χ1) is 16.0. The van der Waals surface area contributed by atoms with Crippen LogP contribution in [0, 0.1) is 0 Å². The highest BCUT2D eigenvalue weighted by Crippen LogP contribution is 2.44. The van der Waals surface area contributed by atoms with Gasteiger partial charge in [0.2, 0.25) is 5.91 Å². The Morgan fingerprint density at radius 3 is 2.30 bits per heavy atom. The minimum atomic E-state index is -0.919. The van der Waals surface area contributed by atoms with E-state index in [-0.39, 0.29) is 30.9 Å². The molecule has 2 N–H and O–H groups in total. The fourth-order valence-electron chi connectivity index (χ4n) is 5.03. The van der Waals surface area contributed by atoms with Crippen molar-refractivity contribution in [2.75, 3.05) is 13.2 Å². The summed E-state index contributed by atoms with van der Waals surface area (Å²) in [5, 5.41) is 11.9. The van der Waals surface area contributed by atoms with Crippen molar-refractivity contribution < 1.29 is 24.2 Å². The van der Waals surface area contributed by atoms with Crippen LogP contribution in [0.3, 0.4) is 0 Å². The number of hydrogen-bond acceptors (Lipinski definition) is 4. The van der Waals surface area contributed by atoms with Gasteiger partial charge in [-0.05, 0) is 47.9 Å². The molecular weight excluding hydrogens is 420 g/mol. The Morgan fingerprint density at radius 2 is 1.70 bits per heavy atom. The lowest BCUT2D eigenvalue weighted by atomic mass is 9.98. The van der Waals surface area contributed by atoms with Crippen LogP contribution in [-0.2, 0) is 14.3 Å². The normalized spacial score (nSPS) is 18.2. The first-order valence-corrected chi connectivity index (χ1v) is 11.6. The zero-order chi connectivity index (χ0) is 23.4. The topological polar surface area (TPSA) is 95.9 Å². The zero-order valence-electron chi connectivity index (χ0n) is 18.8. The van der Waals surface area contributed by atoms with Gasteiger partial charge in [-0.3, -0.25) is 9.59 Å². The number of rotatable bonds is 7. The van der Waals surface area contributed by atoms with Crippen molar-refractivity contribution in [2.24, 2.45) is 0 Å². The third-order valence-corrected chi connectivity index (χ3v) is 6.66. The summed E-state index contributed by atoms with van der Waals surface area (Å²) in [5.41, 5.74) is 4.55. The third kappa shape index (κ3) is 4.87. The van der Waals surface area contributed by atoms with Gasteiger partial charge in [0.25, 0.3) is 0 Å². The summed E-state index contributed by atoms with van der Waals surface area (Å²) >= 11 is 0. The highest BCUT2D eigenvalue weighted by molar-refractivity contribution is 5.86. The molecule has 1 aliphatic heterocycles. The number of ether oxygens (including phenoxy) is 1. The van der Waals surface area contributed by atoms with Crippen LogP contribution in [0.25, 0.3) is 11.1 Å². The standard InChI is InChI=1S/C26H30N2O5/c1-2-23(25(31)28-14-8-7-9-17(28)15-24(29)30)27-26(32)33-16-22-20-12-5-3-10-18(20)19-11-4-6-13-21(19)22/h3-6,10-13,17,22-23H,2,7-9,14-16H2,1H3,(H,27,32)(H,29,30)/t17-,23?/m1/s1. The second-order valence-electron chi connectivity index (χ2n) is 8.71. The van der Waals surface area contributed by atoms with Gasteiger partial charge in [-0.25, -0.2) is 4.79 Å². The molecule has 2 atom stereocenters. The van der Waals surface area contributed by atoms with Crippen molar-refractivity contribution >= 4 is 18.0 Å². The number of carboxylic acids is 1. The molecule has 0 bridgehead atoms. The van der Waals surface area contributed by atoms with E-state index in [1.54, 1.807) is 4.90 Å². The predicted octanol–water partition coefficient (Wildman–Crippen LogP) is 4.16. The average Bonchev–Trinajstić information content (AvgIpc) is 3.14. The van der Waals surface area contributed by atoms with Gasteiger partial charge < -0.3 is 20.1 Å². The number of carbonyl (C=O) groups excluding carboxylic acids is 2. The van der Waals surface area contributed by atoms with E-state index in [0.29, 0.717) is 19.4 Å². The van der Waals surface area contributed by atoms with Crippen molar-refractivity contribution in [2.45, 2.75) is 57.0 Å². The maximum absolute atomic E-state index is 13.1.